The number of hydrogen-bond donors (Lipinski definition) is 2. The van der Waals surface area contributed by atoms with Gasteiger partial charge in [-0.3, -0.25) is 9.59 Å². The number of carbonyl (C=O) groups excluding carboxylic acids is 1. The van der Waals surface area contributed by atoms with Crippen molar-refractivity contribution in [1.82, 2.24) is 9.88 Å². The van der Waals surface area contributed by atoms with Crippen LogP contribution >= 0.6 is 0 Å². The molecule has 110 valence electrons. The molecule has 0 bridgehead atoms. The molecule has 1 aliphatic rings. The number of aliphatic hydroxyl groups excluding tert-OH is 1. The number of hydrogen-bond acceptors (Lipinski definition) is 3. The summed E-state index contributed by atoms with van der Waals surface area (Å²) in [5.41, 5.74) is 1.60. The van der Waals surface area contributed by atoms with Crippen molar-refractivity contribution in [2.45, 2.75) is 32.4 Å². The van der Waals surface area contributed by atoms with Gasteiger partial charge in [-0.1, -0.05) is 12.1 Å². The summed E-state index contributed by atoms with van der Waals surface area (Å²) < 4.78 is 0. The highest BCUT2D eigenvalue weighted by Crippen LogP contribution is 2.20. The summed E-state index contributed by atoms with van der Waals surface area (Å²) in [6, 6.07) is 5.19. The highest BCUT2D eigenvalue weighted by Gasteiger charge is 2.34. The smallest absolute Gasteiger partial charge is 0.259 e. The van der Waals surface area contributed by atoms with E-state index in [2.05, 4.69) is 4.98 Å². The zero-order valence-corrected chi connectivity index (χ0v) is 12.1. The summed E-state index contributed by atoms with van der Waals surface area (Å²) in [7, 11) is 0. The fourth-order valence-electron chi connectivity index (χ4n) is 2.93. The summed E-state index contributed by atoms with van der Waals surface area (Å²) in [6.45, 7) is 4.19. The van der Waals surface area contributed by atoms with Crippen LogP contribution in [0.2, 0.25) is 0 Å². The van der Waals surface area contributed by atoms with Crippen LogP contribution in [0.5, 0.6) is 0 Å². The number of amides is 1. The summed E-state index contributed by atoms with van der Waals surface area (Å²) in [6.07, 6.45) is 1.52. The lowest BCUT2D eigenvalue weighted by Crippen LogP contribution is -2.39. The number of para-hydroxylation sites is 1. The summed E-state index contributed by atoms with van der Waals surface area (Å²) in [4.78, 5) is 29.7. The fourth-order valence-corrected chi connectivity index (χ4v) is 2.93. The minimum absolute atomic E-state index is 0.133. The molecule has 2 N–H and O–H groups in total. The largest absolute Gasteiger partial charge is 0.391 e. The van der Waals surface area contributed by atoms with E-state index < -0.39 is 6.10 Å². The fraction of sp³-hybridized carbons (Fsp3) is 0.375. The van der Waals surface area contributed by atoms with Crippen LogP contribution in [0.4, 0.5) is 0 Å². The Morgan fingerprint density at radius 2 is 2.19 bits per heavy atom. The lowest BCUT2D eigenvalue weighted by Gasteiger charge is -2.22. The predicted molar refractivity (Wildman–Crippen MR) is 80.4 cm³/mol. The van der Waals surface area contributed by atoms with E-state index in [1.165, 1.54) is 6.20 Å². The Morgan fingerprint density at radius 1 is 1.43 bits per heavy atom. The zero-order valence-electron chi connectivity index (χ0n) is 12.1. The average molecular weight is 286 g/mol. The van der Waals surface area contributed by atoms with Crippen LogP contribution in [0.3, 0.4) is 0 Å². The molecule has 0 spiro atoms. The van der Waals surface area contributed by atoms with E-state index in [-0.39, 0.29) is 22.9 Å². The second-order valence-electron chi connectivity index (χ2n) is 5.62. The number of aromatic amines is 1. The van der Waals surface area contributed by atoms with E-state index in [0.29, 0.717) is 18.4 Å². The number of pyridine rings is 1. The second kappa shape index (κ2) is 5.00. The molecule has 5 heteroatoms. The van der Waals surface area contributed by atoms with E-state index >= 15 is 0 Å². The number of H-pyrrole nitrogens is 1. The van der Waals surface area contributed by atoms with Crippen LogP contribution < -0.4 is 5.43 Å². The molecule has 1 aromatic carbocycles. The van der Waals surface area contributed by atoms with Crippen LogP contribution in [-0.2, 0) is 0 Å². The lowest BCUT2D eigenvalue weighted by molar-refractivity contribution is 0.0666. The number of rotatable bonds is 1. The first kappa shape index (κ1) is 13.8. The third-order valence-electron chi connectivity index (χ3n) is 4.33. The van der Waals surface area contributed by atoms with Gasteiger partial charge in [0.05, 0.1) is 17.7 Å². The third-order valence-corrected chi connectivity index (χ3v) is 4.33. The van der Waals surface area contributed by atoms with Gasteiger partial charge in [0.1, 0.15) is 5.56 Å². The maximum Gasteiger partial charge on any atom is 0.259 e. The highest BCUT2D eigenvalue weighted by molar-refractivity contribution is 5.97. The molecule has 0 aliphatic carbocycles. The van der Waals surface area contributed by atoms with Gasteiger partial charge in [-0.05, 0) is 31.9 Å². The molecule has 21 heavy (non-hydrogen) atoms. The Morgan fingerprint density at radius 3 is 2.86 bits per heavy atom. The Hall–Kier alpha value is -2.14. The average Bonchev–Trinajstić information content (AvgIpc) is 2.80. The zero-order chi connectivity index (χ0) is 15.1. The number of likely N-dealkylation sites (tertiary alicyclic amines) is 1. The van der Waals surface area contributed by atoms with Crippen LogP contribution in [-0.4, -0.2) is 39.6 Å². The minimum atomic E-state index is -0.518. The maximum atomic E-state index is 12.5. The van der Waals surface area contributed by atoms with E-state index in [9.17, 15) is 14.7 Å². The van der Waals surface area contributed by atoms with Crippen molar-refractivity contribution >= 4 is 16.8 Å². The first-order chi connectivity index (χ1) is 10.0. The molecule has 2 heterocycles. The Balaban J connectivity index is 2.08. The van der Waals surface area contributed by atoms with Gasteiger partial charge in [0.2, 0.25) is 5.43 Å². The number of aryl methyl sites for hydroxylation is 1. The van der Waals surface area contributed by atoms with Crippen LogP contribution in [0.1, 0.15) is 29.3 Å². The van der Waals surface area contributed by atoms with Crippen molar-refractivity contribution < 1.29 is 9.90 Å². The molecule has 1 fully saturated rings. The molecule has 5 nitrogen and oxygen atoms in total. The standard InChI is InChI=1S/C16H18N2O3/c1-9-4-3-5-11-14(9)17-8-12(15(11)20)16(21)18-7-6-13(19)10(18)2/h3-5,8,10,13,19H,6-7H2,1-2H3,(H,17,20)/t10-,13-/m1/s1. The molecule has 3 rings (SSSR count). The van der Waals surface area contributed by atoms with Crippen LogP contribution in [0.15, 0.2) is 29.2 Å². The molecule has 1 amide bonds. The first-order valence-corrected chi connectivity index (χ1v) is 7.10. The molecule has 1 aliphatic heterocycles. The Kier molecular flexibility index (Phi) is 3.29. The van der Waals surface area contributed by atoms with Gasteiger partial charge in [-0.2, -0.15) is 0 Å². The number of nitrogens with zero attached hydrogens (tertiary/aromatic N) is 1. The van der Waals surface area contributed by atoms with Gasteiger partial charge in [-0.25, -0.2) is 0 Å². The number of nitrogens with one attached hydrogen (secondary N) is 1. The van der Waals surface area contributed by atoms with Crippen molar-refractivity contribution in [3.05, 3.63) is 45.7 Å². The maximum absolute atomic E-state index is 12.5. The van der Waals surface area contributed by atoms with E-state index in [4.69, 9.17) is 0 Å². The Labute approximate surface area is 122 Å². The van der Waals surface area contributed by atoms with Crippen molar-refractivity contribution in [3.63, 3.8) is 0 Å². The van der Waals surface area contributed by atoms with Crippen LogP contribution in [0.25, 0.3) is 10.9 Å². The molecule has 0 radical (unpaired) electrons. The quantitative estimate of drug-likeness (QED) is 0.833. The number of aromatic nitrogens is 1. The predicted octanol–water partition coefficient (Wildman–Crippen LogP) is 1.43. The molecule has 2 aromatic rings. The van der Waals surface area contributed by atoms with E-state index in [1.807, 2.05) is 19.1 Å². The highest BCUT2D eigenvalue weighted by atomic mass is 16.3. The Bertz CT molecular complexity index is 766. The van der Waals surface area contributed by atoms with Gasteiger partial charge < -0.3 is 15.0 Å². The molecule has 0 saturated carbocycles. The van der Waals surface area contributed by atoms with Gasteiger partial charge in [0, 0.05) is 18.1 Å². The number of benzene rings is 1. The normalized spacial score (nSPS) is 22.0. The summed E-state index contributed by atoms with van der Waals surface area (Å²) >= 11 is 0. The van der Waals surface area contributed by atoms with Gasteiger partial charge in [-0.15, -0.1) is 0 Å². The minimum Gasteiger partial charge on any atom is -0.391 e. The molecule has 2 atom stereocenters. The lowest BCUT2D eigenvalue weighted by atomic mass is 10.1. The van der Waals surface area contributed by atoms with Gasteiger partial charge >= 0.3 is 0 Å². The van der Waals surface area contributed by atoms with E-state index in [0.717, 1.165) is 11.1 Å². The number of aliphatic hydroxyl groups is 1. The molecule has 1 aromatic heterocycles. The van der Waals surface area contributed by atoms with E-state index in [1.54, 1.807) is 17.9 Å². The van der Waals surface area contributed by atoms with Crippen molar-refractivity contribution in [2.24, 2.45) is 0 Å². The van der Waals surface area contributed by atoms with Gasteiger partial charge in [0.15, 0.2) is 0 Å². The molecule has 0 unspecified atom stereocenters. The third kappa shape index (κ3) is 2.14. The van der Waals surface area contributed by atoms with Crippen molar-refractivity contribution in [1.29, 1.82) is 0 Å². The van der Waals surface area contributed by atoms with Crippen molar-refractivity contribution in [3.8, 4) is 0 Å². The monoisotopic (exact) mass is 286 g/mol. The number of carbonyl (C=O) groups is 1. The SMILES string of the molecule is Cc1cccc2c(=O)c(C(=O)N3CC[C@@H](O)[C@H]3C)c[nH]c12. The summed E-state index contributed by atoms with van der Waals surface area (Å²) in [5, 5.41) is 10.3. The number of fused-ring (bicyclic) bond motifs is 1. The summed E-state index contributed by atoms with van der Waals surface area (Å²) in [5.74, 6) is -0.316. The topological polar surface area (TPSA) is 73.4 Å². The molecule has 1 saturated heterocycles. The van der Waals surface area contributed by atoms with Gasteiger partial charge in [0.25, 0.3) is 5.91 Å². The second-order valence-corrected chi connectivity index (χ2v) is 5.62. The first-order valence-electron chi connectivity index (χ1n) is 7.10. The molecular formula is C16H18N2O3. The van der Waals surface area contributed by atoms with Crippen molar-refractivity contribution in [2.75, 3.05) is 6.54 Å². The van der Waals surface area contributed by atoms with Crippen LogP contribution in [0, 0.1) is 6.92 Å². The molecular weight excluding hydrogens is 268 g/mol.